The molecule has 4 nitrogen and oxygen atoms in total. The largest absolute Gasteiger partial charge is 0.292 e. The number of fused-ring (bicyclic) bond motifs is 1. The van der Waals surface area contributed by atoms with E-state index in [1.54, 1.807) is 34.6 Å². The van der Waals surface area contributed by atoms with E-state index in [9.17, 15) is 8.78 Å². The number of hydrogen-bond donors (Lipinski definition) is 0. The molecule has 0 aliphatic carbocycles. The predicted molar refractivity (Wildman–Crippen MR) is 79.8 cm³/mol. The molecule has 4 rings (SSSR count). The first kappa shape index (κ1) is 13.1. The van der Waals surface area contributed by atoms with Crippen LogP contribution in [0.4, 0.5) is 8.78 Å². The summed E-state index contributed by atoms with van der Waals surface area (Å²) < 4.78 is 30.1. The fraction of sp³-hybridized carbons (Fsp3) is 0.0667. The lowest BCUT2D eigenvalue weighted by atomic mass is 10.1. The molecule has 0 saturated heterocycles. The van der Waals surface area contributed by atoms with Crippen LogP contribution in [-0.2, 0) is 6.54 Å². The molecule has 0 fully saturated rings. The van der Waals surface area contributed by atoms with E-state index < -0.39 is 11.6 Å². The van der Waals surface area contributed by atoms with Crippen LogP contribution in [0.5, 0.6) is 0 Å². The Morgan fingerprint density at radius 3 is 2.86 bits per heavy atom. The minimum Gasteiger partial charge on any atom is -0.292 e. The van der Waals surface area contributed by atoms with Gasteiger partial charge in [-0.25, -0.2) is 13.8 Å². The number of benzene rings is 1. The third-order valence-electron chi connectivity index (χ3n) is 3.44. The Hall–Kier alpha value is -2.54. The molecule has 110 valence electrons. The molecule has 1 aromatic carbocycles. The molecule has 0 saturated carbocycles. The Labute approximate surface area is 128 Å². The van der Waals surface area contributed by atoms with Gasteiger partial charge in [0.25, 0.3) is 0 Å². The molecule has 7 heteroatoms. The van der Waals surface area contributed by atoms with Gasteiger partial charge in [0.2, 0.25) is 0 Å². The summed E-state index contributed by atoms with van der Waals surface area (Å²) in [7, 11) is 0. The van der Waals surface area contributed by atoms with Crippen LogP contribution < -0.4 is 0 Å². The monoisotopic (exact) mass is 316 g/mol. The zero-order chi connectivity index (χ0) is 15.1. The van der Waals surface area contributed by atoms with E-state index in [-0.39, 0.29) is 0 Å². The van der Waals surface area contributed by atoms with Crippen molar-refractivity contribution in [2.24, 2.45) is 0 Å². The molecule has 0 unspecified atom stereocenters. The van der Waals surface area contributed by atoms with Crippen LogP contribution in [0.25, 0.3) is 16.0 Å². The van der Waals surface area contributed by atoms with Gasteiger partial charge in [0, 0.05) is 17.1 Å². The Kier molecular flexibility index (Phi) is 3.00. The van der Waals surface area contributed by atoms with Crippen LogP contribution in [0, 0.1) is 11.6 Å². The maximum atomic E-state index is 13.3. The van der Waals surface area contributed by atoms with E-state index in [1.807, 2.05) is 16.8 Å². The van der Waals surface area contributed by atoms with E-state index >= 15 is 0 Å². The number of nitrogens with zero attached hydrogens (tertiary/aromatic N) is 4. The second-order valence-electron chi connectivity index (χ2n) is 4.88. The van der Waals surface area contributed by atoms with E-state index in [4.69, 9.17) is 0 Å². The Morgan fingerprint density at radius 1 is 1.09 bits per heavy atom. The van der Waals surface area contributed by atoms with Gasteiger partial charge in [-0.2, -0.15) is 5.10 Å². The van der Waals surface area contributed by atoms with Gasteiger partial charge in [-0.3, -0.25) is 9.08 Å². The molecule has 0 aliphatic rings. The van der Waals surface area contributed by atoms with Crippen molar-refractivity contribution in [1.82, 2.24) is 19.2 Å². The summed E-state index contributed by atoms with van der Waals surface area (Å²) in [5.74, 6) is -1.71. The molecule has 3 heterocycles. The zero-order valence-corrected chi connectivity index (χ0v) is 12.1. The van der Waals surface area contributed by atoms with Gasteiger partial charge in [0.1, 0.15) is 11.2 Å². The molecule has 3 aromatic heterocycles. The molecular formula is C15H10F2N4S. The molecule has 0 atom stereocenters. The van der Waals surface area contributed by atoms with E-state index in [1.165, 1.54) is 6.07 Å². The standard InChI is InChI=1S/C15H10F2N4S/c16-13-2-1-10(3-14(13)17)11-4-19-20(6-11)7-12-8-22-15-5-18-9-21(12)15/h1-6,8-9H,7H2. The van der Waals surface area contributed by atoms with Gasteiger partial charge < -0.3 is 0 Å². The second-order valence-corrected chi connectivity index (χ2v) is 5.77. The quantitative estimate of drug-likeness (QED) is 0.579. The van der Waals surface area contributed by atoms with E-state index in [0.717, 1.165) is 22.2 Å². The lowest BCUT2D eigenvalue weighted by molar-refractivity contribution is 0.509. The fourth-order valence-electron chi connectivity index (χ4n) is 2.33. The third kappa shape index (κ3) is 2.19. The highest BCUT2D eigenvalue weighted by molar-refractivity contribution is 7.15. The topological polar surface area (TPSA) is 35.1 Å². The van der Waals surface area contributed by atoms with Gasteiger partial charge in [-0.05, 0) is 17.7 Å². The third-order valence-corrected chi connectivity index (χ3v) is 4.37. The number of aromatic nitrogens is 4. The summed E-state index contributed by atoms with van der Waals surface area (Å²) in [5.41, 5.74) is 2.41. The first-order chi connectivity index (χ1) is 10.7. The lowest BCUT2D eigenvalue weighted by Gasteiger charge is -2.00. The smallest absolute Gasteiger partial charge is 0.159 e. The Bertz CT molecular complexity index is 953. The average molecular weight is 316 g/mol. The Balaban J connectivity index is 1.64. The van der Waals surface area contributed by atoms with Crippen molar-refractivity contribution in [3.8, 4) is 11.1 Å². The lowest BCUT2D eigenvalue weighted by Crippen LogP contribution is -2.02. The van der Waals surface area contributed by atoms with Crippen LogP contribution in [0.1, 0.15) is 5.69 Å². The van der Waals surface area contributed by atoms with E-state index in [0.29, 0.717) is 12.1 Å². The summed E-state index contributed by atoms with van der Waals surface area (Å²) in [6.45, 7) is 0.583. The number of imidazole rings is 1. The van der Waals surface area contributed by atoms with Crippen molar-refractivity contribution in [1.29, 1.82) is 0 Å². The SMILES string of the molecule is Fc1ccc(-c2cnn(Cc3csc4cncn34)c2)cc1F. The molecule has 0 spiro atoms. The highest BCUT2D eigenvalue weighted by atomic mass is 32.1. The van der Waals surface area contributed by atoms with E-state index in [2.05, 4.69) is 15.5 Å². The summed E-state index contributed by atoms with van der Waals surface area (Å²) in [5, 5.41) is 6.33. The molecule has 0 N–H and O–H groups in total. The first-order valence-electron chi connectivity index (χ1n) is 6.57. The normalized spacial score (nSPS) is 11.4. The molecule has 0 aliphatic heterocycles. The molecule has 0 bridgehead atoms. The molecular weight excluding hydrogens is 306 g/mol. The van der Waals surface area contributed by atoms with Crippen LogP contribution in [0.3, 0.4) is 0 Å². The van der Waals surface area contributed by atoms with Crippen molar-refractivity contribution >= 4 is 16.2 Å². The van der Waals surface area contributed by atoms with Crippen LogP contribution in [0.15, 0.2) is 48.5 Å². The minimum atomic E-state index is -0.858. The minimum absolute atomic E-state index is 0.583. The number of halogens is 2. The summed E-state index contributed by atoms with van der Waals surface area (Å²) in [6, 6.07) is 3.84. The molecule has 0 amide bonds. The number of thiazole rings is 1. The molecule has 22 heavy (non-hydrogen) atoms. The van der Waals surface area contributed by atoms with Crippen LogP contribution in [-0.4, -0.2) is 19.2 Å². The molecule has 4 aromatic rings. The predicted octanol–water partition coefficient (Wildman–Crippen LogP) is 3.59. The summed E-state index contributed by atoms with van der Waals surface area (Å²) in [4.78, 5) is 5.17. The molecule has 0 radical (unpaired) electrons. The van der Waals surface area contributed by atoms with Gasteiger partial charge in [-0.1, -0.05) is 6.07 Å². The maximum absolute atomic E-state index is 13.3. The summed E-state index contributed by atoms with van der Waals surface area (Å²) in [6.07, 6.45) is 7.03. The van der Waals surface area contributed by atoms with Crippen molar-refractivity contribution in [2.45, 2.75) is 6.54 Å². The second kappa shape index (κ2) is 5.03. The maximum Gasteiger partial charge on any atom is 0.159 e. The number of rotatable bonds is 3. The highest BCUT2D eigenvalue weighted by Gasteiger charge is 2.09. The van der Waals surface area contributed by atoms with Crippen LogP contribution in [0.2, 0.25) is 0 Å². The van der Waals surface area contributed by atoms with Crippen LogP contribution >= 0.6 is 11.3 Å². The van der Waals surface area contributed by atoms with Crippen molar-refractivity contribution in [3.63, 3.8) is 0 Å². The van der Waals surface area contributed by atoms with Crippen molar-refractivity contribution in [3.05, 3.63) is 65.8 Å². The van der Waals surface area contributed by atoms with Gasteiger partial charge in [0.05, 0.1) is 24.6 Å². The fourth-order valence-corrected chi connectivity index (χ4v) is 3.17. The average Bonchev–Trinajstić information content (AvgIpc) is 3.20. The van der Waals surface area contributed by atoms with Gasteiger partial charge in [0.15, 0.2) is 11.6 Å². The highest BCUT2D eigenvalue weighted by Crippen LogP contribution is 2.22. The van der Waals surface area contributed by atoms with Crippen molar-refractivity contribution in [2.75, 3.05) is 0 Å². The zero-order valence-electron chi connectivity index (χ0n) is 11.3. The Morgan fingerprint density at radius 2 is 2.00 bits per heavy atom. The summed E-state index contributed by atoms with van der Waals surface area (Å²) >= 11 is 1.61. The van der Waals surface area contributed by atoms with Gasteiger partial charge in [-0.15, -0.1) is 11.3 Å². The van der Waals surface area contributed by atoms with Crippen molar-refractivity contribution < 1.29 is 8.78 Å². The first-order valence-corrected chi connectivity index (χ1v) is 7.45. The number of hydrogen-bond acceptors (Lipinski definition) is 3. The van der Waals surface area contributed by atoms with Gasteiger partial charge >= 0.3 is 0 Å².